The van der Waals surface area contributed by atoms with Crippen LogP contribution in [0.25, 0.3) is 0 Å². The van der Waals surface area contributed by atoms with Crippen LogP contribution < -0.4 is 4.74 Å². The maximum absolute atomic E-state index is 9.74. The van der Waals surface area contributed by atoms with Crippen molar-refractivity contribution in [3.05, 3.63) is 29.3 Å². The molecule has 3 heteroatoms. The highest BCUT2D eigenvalue weighted by Crippen LogP contribution is 2.26. The van der Waals surface area contributed by atoms with E-state index in [0.29, 0.717) is 12.7 Å². The molecular formula is C15H22O3. The van der Waals surface area contributed by atoms with Crippen molar-refractivity contribution in [2.24, 2.45) is 0 Å². The van der Waals surface area contributed by atoms with E-state index >= 15 is 0 Å². The molecule has 0 spiro atoms. The molecule has 100 valence electrons. The van der Waals surface area contributed by atoms with Crippen LogP contribution in [-0.4, -0.2) is 24.4 Å². The maximum Gasteiger partial charge on any atom is 0.125 e. The van der Waals surface area contributed by atoms with Crippen LogP contribution in [0, 0.1) is 6.92 Å². The molecule has 0 aliphatic carbocycles. The highest BCUT2D eigenvalue weighted by molar-refractivity contribution is 5.38. The highest BCUT2D eigenvalue weighted by atomic mass is 16.5. The van der Waals surface area contributed by atoms with Crippen LogP contribution in [0.15, 0.2) is 18.2 Å². The molecule has 1 aliphatic heterocycles. The van der Waals surface area contributed by atoms with Crippen LogP contribution in [0.5, 0.6) is 5.75 Å². The van der Waals surface area contributed by atoms with Gasteiger partial charge in [0.1, 0.15) is 5.75 Å². The maximum atomic E-state index is 9.74. The van der Waals surface area contributed by atoms with Crippen molar-refractivity contribution in [2.75, 3.05) is 13.2 Å². The third-order valence-electron chi connectivity index (χ3n) is 3.34. The first-order valence-electron chi connectivity index (χ1n) is 6.70. The lowest BCUT2D eigenvalue weighted by atomic mass is 10.1. The van der Waals surface area contributed by atoms with E-state index in [9.17, 15) is 5.11 Å². The van der Waals surface area contributed by atoms with E-state index in [1.807, 2.05) is 25.1 Å². The van der Waals surface area contributed by atoms with Crippen molar-refractivity contribution in [1.82, 2.24) is 0 Å². The van der Waals surface area contributed by atoms with Crippen LogP contribution in [-0.2, 0) is 4.74 Å². The average molecular weight is 250 g/mol. The summed E-state index contributed by atoms with van der Waals surface area (Å²) in [6, 6.07) is 5.92. The molecule has 1 heterocycles. The fourth-order valence-electron chi connectivity index (χ4n) is 2.30. The molecule has 0 radical (unpaired) electrons. The van der Waals surface area contributed by atoms with Gasteiger partial charge in [-0.25, -0.2) is 0 Å². The van der Waals surface area contributed by atoms with E-state index in [2.05, 4.69) is 0 Å². The Morgan fingerprint density at radius 1 is 1.50 bits per heavy atom. The molecule has 1 N–H and O–H groups in total. The summed E-state index contributed by atoms with van der Waals surface area (Å²) >= 11 is 0. The van der Waals surface area contributed by atoms with Crippen molar-refractivity contribution in [3.63, 3.8) is 0 Å². The Morgan fingerprint density at radius 2 is 2.33 bits per heavy atom. The number of rotatable bonds is 5. The third-order valence-corrected chi connectivity index (χ3v) is 3.34. The second-order valence-electron chi connectivity index (χ2n) is 4.99. The molecule has 1 aliphatic rings. The first-order chi connectivity index (χ1) is 8.66. The van der Waals surface area contributed by atoms with Crippen LogP contribution >= 0.6 is 0 Å². The Hall–Kier alpha value is -1.06. The minimum Gasteiger partial charge on any atom is -0.493 e. The first-order valence-corrected chi connectivity index (χ1v) is 6.70. The fraction of sp³-hybridized carbons (Fsp3) is 0.600. The van der Waals surface area contributed by atoms with Crippen LogP contribution in [0.4, 0.5) is 0 Å². The van der Waals surface area contributed by atoms with Gasteiger partial charge in [-0.2, -0.15) is 0 Å². The van der Waals surface area contributed by atoms with Crippen molar-refractivity contribution in [2.45, 2.75) is 45.3 Å². The molecule has 2 rings (SSSR count). The summed E-state index contributed by atoms with van der Waals surface area (Å²) in [5.74, 6) is 0.786. The summed E-state index contributed by atoms with van der Waals surface area (Å²) in [6.07, 6.45) is 3.08. The summed E-state index contributed by atoms with van der Waals surface area (Å²) in [5.41, 5.74) is 2.00. The lowest BCUT2D eigenvalue weighted by Crippen LogP contribution is -2.11. The largest absolute Gasteiger partial charge is 0.493 e. The molecule has 0 amide bonds. The van der Waals surface area contributed by atoms with Gasteiger partial charge in [-0.3, -0.25) is 0 Å². The molecule has 1 aromatic carbocycles. The van der Waals surface area contributed by atoms with Gasteiger partial charge in [0.15, 0.2) is 0 Å². The zero-order valence-electron chi connectivity index (χ0n) is 11.2. The van der Waals surface area contributed by atoms with Crippen molar-refractivity contribution in [1.29, 1.82) is 0 Å². The molecule has 0 bridgehead atoms. The smallest absolute Gasteiger partial charge is 0.125 e. The van der Waals surface area contributed by atoms with Gasteiger partial charge < -0.3 is 14.6 Å². The second-order valence-corrected chi connectivity index (χ2v) is 4.99. The predicted molar refractivity (Wildman–Crippen MR) is 70.9 cm³/mol. The monoisotopic (exact) mass is 250 g/mol. The van der Waals surface area contributed by atoms with E-state index in [1.54, 1.807) is 6.92 Å². The number of aliphatic hydroxyl groups excluding tert-OH is 1. The summed E-state index contributed by atoms with van der Waals surface area (Å²) in [7, 11) is 0. The van der Waals surface area contributed by atoms with Crippen LogP contribution in [0.2, 0.25) is 0 Å². The second kappa shape index (κ2) is 6.21. The fourth-order valence-corrected chi connectivity index (χ4v) is 2.30. The molecule has 0 aromatic heterocycles. The van der Waals surface area contributed by atoms with Gasteiger partial charge in [0, 0.05) is 18.6 Å². The van der Waals surface area contributed by atoms with Gasteiger partial charge >= 0.3 is 0 Å². The Labute approximate surface area is 109 Å². The summed E-state index contributed by atoms with van der Waals surface area (Å²) in [6.45, 7) is 5.31. The number of aliphatic hydroxyl groups is 1. The number of aryl methyl sites for hydroxylation is 1. The van der Waals surface area contributed by atoms with Gasteiger partial charge in [-0.15, -0.1) is 0 Å². The topological polar surface area (TPSA) is 38.7 Å². The number of benzene rings is 1. The molecule has 0 saturated carbocycles. The normalized spacial score (nSPS) is 20.9. The number of hydrogen-bond acceptors (Lipinski definition) is 3. The number of hydrogen-bond donors (Lipinski definition) is 1. The Morgan fingerprint density at radius 3 is 3.00 bits per heavy atom. The molecule has 2 unspecified atom stereocenters. The first kappa shape index (κ1) is 13.4. The van der Waals surface area contributed by atoms with Gasteiger partial charge in [0.25, 0.3) is 0 Å². The van der Waals surface area contributed by atoms with Crippen molar-refractivity contribution in [3.8, 4) is 5.75 Å². The van der Waals surface area contributed by atoms with E-state index in [1.165, 1.54) is 0 Å². The molecule has 3 nitrogen and oxygen atoms in total. The zero-order chi connectivity index (χ0) is 13.0. The van der Waals surface area contributed by atoms with Gasteiger partial charge in [0.2, 0.25) is 0 Å². The SMILES string of the molecule is Cc1ccc(OCCC2CCCO2)c(C(C)O)c1. The van der Waals surface area contributed by atoms with E-state index < -0.39 is 6.10 Å². The molecule has 1 aromatic rings. The quantitative estimate of drug-likeness (QED) is 0.873. The van der Waals surface area contributed by atoms with Gasteiger partial charge in [0.05, 0.1) is 18.8 Å². The Balaban J connectivity index is 1.91. The van der Waals surface area contributed by atoms with E-state index in [4.69, 9.17) is 9.47 Å². The lowest BCUT2D eigenvalue weighted by Gasteiger charge is -2.15. The van der Waals surface area contributed by atoms with E-state index in [0.717, 1.165) is 42.7 Å². The molecular weight excluding hydrogens is 228 g/mol. The van der Waals surface area contributed by atoms with Crippen LogP contribution in [0.1, 0.15) is 43.4 Å². The summed E-state index contributed by atoms with van der Waals surface area (Å²) < 4.78 is 11.3. The van der Waals surface area contributed by atoms with Crippen LogP contribution in [0.3, 0.4) is 0 Å². The minimum absolute atomic E-state index is 0.352. The average Bonchev–Trinajstić information content (AvgIpc) is 2.84. The predicted octanol–water partition coefficient (Wildman–Crippen LogP) is 3.00. The zero-order valence-corrected chi connectivity index (χ0v) is 11.2. The molecule has 2 atom stereocenters. The summed E-state index contributed by atoms with van der Waals surface area (Å²) in [4.78, 5) is 0. The van der Waals surface area contributed by atoms with E-state index in [-0.39, 0.29) is 0 Å². The van der Waals surface area contributed by atoms with Crippen molar-refractivity contribution < 1.29 is 14.6 Å². The minimum atomic E-state index is -0.498. The Bertz CT molecular complexity index is 381. The third kappa shape index (κ3) is 3.47. The number of ether oxygens (including phenoxy) is 2. The standard InChI is InChI=1S/C15H22O3/c1-11-5-6-15(14(10-11)12(2)16)18-9-7-13-4-3-8-17-13/h5-6,10,12-13,16H,3-4,7-9H2,1-2H3. The van der Waals surface area contributed by atoms with Gasteiger partial charge in [-0.05, 0) is 38.8 Å². The molecule has 18 heavy (non-hydrogen) atoms. The Kier molecular flexibility index (Phi) is 4.61. The molecule has 1 saturated heterocycles. The summed E-state index contributed by atoms with van der Waals surface area (Å²) in [5, 5.41) is 9.74. The van der Waals surface area contributed by atoms with Gasteiger partial charge in [-0.1, -0.05) is 11.6 Å². The highest BCUT2D eigenvalue weighted by Gasteiger charge is 2.16. The van der Waals surface area contributed by atoms with Crippen molar-refractivity contribution >= 4 is 0 Å². The lowest BCUT2D eigenvalue weighted by molar-refractivity contribution is 0.0896. The molecule has 1 fully saturated rings.